The molecule has 0 spiro atoms. The van der Waals surface area contributed by atoms with E-state index in [2.05, 4.69) is 25.6 Å². The van der Waals surface area contributed by atoms with E-state index < -0.39 is 5.60 Å². The topological polar surface area (TPSA) is 86.9 Å². The van der Waals surface area contributed by atoms with Crippen LogP contribution in [-0.2, 0) is 11.3 Å². The van der Waals surface area contributed by atoms with Crippen molar-refractivity contribution in [3.63, 3.8) is 0 Å². The van der Waals surface area contributed by atoms with E-state index in [1.807, 2.05) is 37.8 Å². The van der Waals surface area contributed by atoms with Gasteiger partial charge in [0.15, 0.2) is 5.96 Å². The summed E-state index contributed by atoms with van der Waals surface area (Å²) >= 11 is 0. The zero-order valence-electron chi connectivity index (χ0n) is 15.7. The van der Waals surface area contributed by atoms with Gasteiger partial charge < -0.3 is 20.5 Å². The average molecular weight is 352 g/mol. The quantitative estimate of drug-likeness (QED) is 0.445. The highest BCUT2D eigenvalue weighted by Gasteiger charge is 2.25. The maximum Gasteiger partial charge on any atom is 0.191 e. The van der Waals surface area contributed by atoms with Gasteiger partial charge in [-0.15, -0.1) is 0 Å². The third-order valence-electron chi connectivity index (χ3n) is 3.99. The largest absolute Gasteiger partial charge is 0.387 e. The number of guanidine groups is 1. The van der Waals surface area contributed by atoms with E-state index in [0.29, 0.717) is 19.0 Å². The average Bonchev–Trinajstić information content (AvgIpc) is 2.98. The van der Waals surface area contributed by atoms with Gasteiger partial charge in [0.25, 0.3) is 0 Å². The van der Waals surface area contributed by atoms with Crippen LogP contribution in [0.3, 0.4) is 0 Å². The molecule has 1 saturated heterocycles. The Morgan fingerprint density at radius 2 is 2.16 bits per heavy atom. The van der Waals surface area contributed by atoms with Crippen LogP contribution in [0.5, 0.6) is 0 Å². The molecule has 142 valence electrons. The molecule has 8 heteroatoms. The summed E-state index contributed by atoms with van der Waals surface area (Å²) in [6.45, 7) is 12.3. The Hall–Kier alpha value is -1.64. The minimum Gasteiger partial charge on any atom is -0.387 e. The highest BCUT2D eigenvalue weighted by atomic mass is 16.5. The first kappa shape index (κ1) is 19.7. The monoisotopic (exact) mass is 352 g/mol. The minimum absolute atomic E-state index is 0.348. The van der Waals surface area contributed by atoms with Crippen LogP contribution in [0.2, 0.25) is 0 Å². The van der Waals surface area contributed by atoms with Gasteiger partial charge in [0.2, 0.25) is 0 Å². The molecule has 1 aliphatic rings. The van der Waals surface area contributed by atoms with Gasteiger partial charge in [-0.3, -0.25) is 14.6 Å². The Morgan fingerprint density at radius 1 is 1.40 bits per heavy atom. The van der Waals surface area contributed by atoms with Gasteiger partial charge in [-0.1, -0.05) is 0 Å². The second-order valence-corrected chi connectivity index (χ2v) is 6.79. The highest BCUT2D eigenvalue weighted by Crippen LogP contribution is 2.09. The lowest BCUT2D eigenvalue weighted by molar-refractivity contribution is -0.0179. The van der Waals surface area contributed by atoms with Crippen LogP contribution in [-0.4, -0.2) is 83.8 Å². The second kappa shape index (κ2) is 9.74. The lowest BCUT2D eigenvalue weighted by atomic mass is 10.1. The predicted octanol–water partition coefficient (Wildman–Crippen LogP) is -0.170. The van der Waals surface area contributed by atoms with Crippen molar-refractivity contribution < 1.29 is 9.84 Å². The summed E-state index contributed by atoms with van der Waals surface area (Å²) in [6.07, 6.45) is 3.86. The molecule has 8 nitrogen and oxygen atoms in total. The maximum atomic E-state index is 10.6. The zero-order chi connectivity index (χ0) is 18.1. The van der Waals surface area contributed by atoms with E-state index >= 15 is 0 Å². The van der Waals surface area contributed by atoms with Crippen LogP contribution < -0.4 is 10.6 Å². The number of nitrogens with one attached hydrogen (secondary N) is 2. The maximum absolute atomic E-state index is 10.6. The molecular formula is C17H32N6O2. The number of nitrogens with zero attached hydrogens (tertiary/aromatic N) is 4. The van der Waals surface area contributed by atoms with Gasteiger partial charge in [0.05, 0.1) is 38.1 Å². The summed E-state index contributed by atoms with van der Waals surface area (Å²) in [5.74, 6) is 0.716. The van der Waals surface area contributed by atoms with Crippen molar-refractivity contribution in [3.8, 4) is 0 Å². The third kappa shape index (κ3) is 7.41. The molecule has 1 atom stereocenters. The van der Waals surface area contributed by atoms with Gasteiger partial charge in [-0.25, -0.2) is 0 Å². The van der Waals surface area contributed by atoms with Crippen LogP contribution in [0.1, 0.15) is 19.4 Å². The number of hydrogen-bond donors (Lipinski definition) is 3. The first-order valence-corrected chi connectivity index (χ1v) is 9.02. The molecule has 0 aromatic carbocycles. The summed E-state index contributed by atoms with van der Waals surface area (Å²) < 4.78 is 7.25. The van der Waals surface area contributed by atoms with E-state index in [1.54, 1.807) is 0 Å². The Labute approximate surface area is 150 Å². The van der Waals surface area contributed by atoms with E-state index in [9.17, 15) is 5.11 Å². The van der Waals surface area contributed by atoms with Crippen LogP contribution >= 0.6 is 0 Å². The molecule has 1 aromatic rings. The van der Waals surface area contributed by atoms with Crippen molar-refractivity contribution in [3.05, 3.63) is 18.0 Å². The van der Waals surface area contributed by atoms with Crippen molar-refractivity contribution in [2.45, 2.75) is 32.9 Å². The number of aryl methyl sites for hydroxylation is 1. The number of aliphatic imine (C=N–C) groups is 1. The van der Waals surface area contributed by atoms with Gasteiger partial charge in [-0.05, 0) is 26.3 Å². The van der Waals surface area contributed by atoms with Crippen LogP contribution in [0.25, 0.3) is 0 Å². The van der Waals surface area contributed by atoms with Crippen molar-refractivity contribution in [2.75, 3.05) is 52.5 Å². The summed E-state index contributed by atoms with van der Waals surface area (Å²) in [7, 11) is 0. The predicted molar refractivity (Wildman–Crippen MR) is 98.8 cm³/mol. The van der Waals surface area contributed by atoms with Crippen LogP contribution in [0, 0.1) is 6.92 Å². The van der Waals surface area contributed by atoms with Crippen molar-refractivity contribution in [1.29, 1.82) is 0 Å². The molecule has 1 unspecified atom stereocenters. The fourth-order valence-electron chi connectivity index (χ4n) is 2.76. The lowest BCUT2D eigenvalue weighted by Gasteiger charge is -2.33. The van der Waals surface area contributed by atoms with Crippen LogP contribution in [0.15, 0.2) is 17.4 Å². The third-order valence-corrected chi connectivity index (χ3v) is 3.99. The summed E-state index contributed by atoms with van der Waals surface area (Å²) in [5.41, 5.74) is 0.290. The number of morpholine rings is 1. The summed E-state index contributed by atoms with van der Waals surface area (Å²) in [6, 6.07) is 0. The molecule has 0 radical (unpaired) electrons. The number of β-amino-alcohol motifs (C(OH)–C–C–N with tert-alkyl or cyclic N) is 1. The number of aromatic nitrogens is 2. The molecule has 3 N–H and O–H groups in total. The Bertz CT molecular complexity index is 537. The fourth-order valence-corrected chi connectivity index (χ4v) is 2.76. The van der Waals surface area contributed by atoms with E-state index in [-0.39, 0.29) is 0 Å². The minimum atomic E-state index is -0.862. The van der Waals surface area contributed by atoms with E-state index in [0.717, 1.165) is 51.5 Å². The molecule has 0 bridgehead atoms. The van der Waals surface area contributed by atoms with Crippen molar-refractivity contribution >= 4 is 5.96 Å². The lowest BCUT2D eigenvalue weighted by Crippen LogP contribution is -2.48. The smallest absolute Gasteiger partial charge is 0.191 e. The molecule has 0 amide bonds. The molecule has 2 rings (SSSR count). The number of aliphatic hydroxyl groups is 1. The molecule has 1 aromatic heterocycles. The fraction of sp³-hybridized carbons (Fsp3) is 0.765. The Morgan fingerprint density at radius 3 is 2.80 bits per heavy atom. The zero-order valence-corrected chi connectivity index (χ0v) is 15.7. The molecule has 25 heavy (non-hydrogen) atoms. The first-order chi connectivity index (χ1) is 12.0. The van der Waals surface area contributed by atoms with Crippen molar-refractivity contribution in [2.24, 2.45) is 4.99 Å². The summed E-state index contributed by atoms with van der Waals surface area (Å²) in [5, 5.41) is 21.4. The molecular weight excluding hydrogens is 320 g/mol. The van der Waals surface area contributed by atoms with Crippen molar-refractivity contribution in [1.82, 2.24) is 25.3 Å². The van der Waals surface area contributed by atoms with E-state index in [1.165, 1.54) is 0 Å². The molecule has 0 saturated carbocycles. The molecule has 2 heterocycles. The number of hydrogen-bond acceptors (Lipinski definition) is 5. The highest BCUT2D eigenvalue weighted by molar-refractivity contribution is 5.79. The van der Waals surface area contributed by atoms with Gasteiger partial charge in [-0.2, -0.15) is 5.10 Å². The standard InChI is InChI=1S/C17H32N6O2/c1-4-18-16(19-5-6-23-12-15(2)11-21-23)20-13-17(3,24)14-22-7-9-25-10-8-22/h11-12,24H,4-10,13-14H2,1-3H3,(H2,18,19,20). The SMILES string of the molecule is CCNC(=NCC(C)(O)CN1CCOCC1)NCCn1cc(C)cn1. The molecule has 1 aliphatic heterocycles. The van der Waals surface area contributed by atoms with Crippen LogP contribution in [0.4, 0.5) is 0 Å². The van der Waals surface area contributed by atoms with Gasteiger partial charge in [0, 0.05) is 38.9 Å². The first-order valence-electron chi connectivity index (χ1n) is 9.02. The van der Waals surface area contributed by atoms with E-state index in [4.69, 9.17) is 4.74 Å². The van der Waals surface area contributed by atoms with Gasteiger partial charge >= 0.3 is 0 Å². The number of ether oxygens (including phenoxy) is 1. The Kier molecular flexibility index (Phi) is 7.67. The summed E-state index contributed by atoms with van der Waals surface area (Å²) in [4.78, 5) is 6.77. The molecule has 0 aliphatic carbocycles. The number of rotatable bonds is 8. The van der Waals surface area contributed by atoms with Gasteiger partial charge in [0.1, 0.15) is 0 Å². The normalized spacial score (nSPS) is 18.8. The Balaban J connectivity index is 1.80. The second-order valence-electron chi connectivity index (χ2n) is 6.79. The molecule has 1 fully saturated rings.